The fraction of sp³-hybridized carbons (Fsp3) is 0.429. The SMILES string of the molecule is CC(N)c1cnc2n1C[C@H](c1cccc(F)c1F)CC[C@H]2NC(=O)N1CCC2(CC1)OC(=O)Nc1ncccc12. The van der Waals surface area contributed by atoms with Crippen LogP contribution in [0.3, 0.4) is 0 Å². The predicted molar refractivity (Wildman–Crippen MR) is 141 cm³/mol. The molecule has 0 radical (unpaired) electrons. The molecule has 1 spiro atoms. The number of amides is 3. The van der Waals surface area contributed by atoms with E-state index in [1.807, 2.05) is 17.6 Å². The molecule has 4 N–H and O–H groups in total. The van der Waals surface area contributed by atoms with E-state index >= 15 is 0 Å². The normalized spacial score (nSPS) is 22.4. The average molecular weight is 552 g/mol. The maximum Gasteiger partial charge on any atom is 0.413 e. The molecule has 3 aliphatic heterocycles. The van der Waals surface area contributed by atoms with Gasteiger partial charge in [0.1, 0.15) is 17.2 Å². The van der Waals surface area contributed by atoms with Crippen LogP contribution in [-0.2, 0) is 16.9 Å². The molecule has 3 amide bonds. The molecule has 0 saturated carbocycles. The third-order valence-corrected chi connectivity index (χ3v) is 8.29. The summed E-state index contributed by atoms with van der Waals surface area (Å²) in [7, 11) is 0. The first kappa shape index (κ1) is 26.2. The van der Waals surface area contributed by atoms with E-state index in [9.17, 15) is 18.4 Å². The number of ether oxygens (including phenoxy) is 1. The number of rotatable bonds is 3. The highest BCUT2D eigenvalue weighted by molar-refractivity contribution is 5.87. The summed E-state index contributed by atoms with van der Waals surface area (Å²) in [6.45, 7) is 2.96. The number of imidazole rings is 1. The number of nitrogens with two attached hydrogens (primary N) is 1. The Labute approximate surface area is 229 Å². The third-order valence-electron chi connectivity index (χ3n) is 8.29. The quantitative estimate of drug-likeness (QED) is 0.441. The Balaban J connectivity index is 1.20. The van der Waals surface area contributed by atoms with Gasteiger partial charge in [0.25, 0.3) is 0 Å². The Kier molecular flexibility index (Phi) is 6.65. The lowest BCUT2D eigenvalue weighted by atomic mass is 9.83. The van der Waals surface area contributed by atoms with Crippen molar-refractivity contribution in [2.24, 2.45) is 5.73 Å². The van der Waals surface area contributed by atoms with Crippen molar-refractivity contribution < 1.29 is 23.1 Å². The van der Waals surface area contributed by atoms with Gasteiger partial charge >= 0.3 is 12.1 Å². The van der Waals surface area contributed by atoms with Gasteiger partial charge in [-0.2, -0.15) is 0 Å². The van der Waals surface area contributed by atoms with Crippen molar-refractivity contribution in [2.75, 3.05) is 18.4 Å². The number of carbonyl (C=O) groups excluding carboxylic acids is 2. The fourth-order valence-corrected chi connectivity index (χ4v) is 6.19. The van der Waals surface area contributed by atoms with E-state index < -0.39 is 29.4 Å². The second-order valence-corrected chi connectivity index (χ2v) is 10.8. The summed E-state index contributed by atoms with van der Waals surface area (Å²) in [5.41, 5.74) is 7.24. The summed E-state index contributed by atoms with van der Waals surface area (Å²) in [5.74, 6) is -0.930. The van der Waals surface area contributed by atoms with Crippen LogP contribution in [0.5, 0.6) is 0 Å². The van der Waals surface area contributed by atoms with E-state index in [-0.39, 0.29) is 18.0 Å². The van der Waals surface area contributed by atoms with Crippen LogP contribution in [0.2, 0.25) is 0 Å². The maximum atomic E-state index is 14.8. The number of likely N-dealkylation sites (tertiary alicyclic amines) is 1. The van der Waals surface area contributed by atoms with Gasteiger partial charge in [0.05, 0.1) is 17.9 Å². The van der Waals surface area contributed by atoms with Crippen molar-refractivity contribution in [1.82, 2.24) is 24.8 Å². The zero-order valence-electron chi connectivity index (χ0n) is 22.1. The van der Waals surface area contributed by atoms with Gasteiger partial charge in [0, 0.05) is 56.2 Å². The Morgan fingerprint density at radius 1 is 1.20 bits per heavy atom. The molecule has 210 valence electrons. The van der Waals surface area contributed by atoms with E-state index in [2.05, 4.69) is 20.6 Å². The molecule has 1 fully saturated rings. The number of hydrogen-bond donors (Lipinski definition) is 3. The first-order valence-electron chi connectivity index (χ1n) is 13.5. The lowest BCUT2D eigenvalue weighted by Gasteiger charge is -2.43. The zero-order chi connectivity index (χ0) is 28.0. The minimum absolute atomic E-state index is 0.265. The molecular formula is C28H31F2N7O3. The average Bonchev–Trinajstić information content (AvgIpc) is 3.28. The summed E-state index contributed by atoms with van der Waals surface area (Å²) in [6.07, 6.45) is 4.61. The molecule has 1 saturated heterocycles. The number of fused-ring (bicyclic) bond motifs is 3. The smallest absolute Gasteiger partial charge is 0.413 e. The molecule has 3 aliphatic rings. The van der Waals surface area contributed by atoms with E-state index in [0.29, 0.717) is 62.5 Å². The number of anilines is 1. The van der Waals surface area contributed by atoms with Crippen LogP contribution >= 0.6 is 0 Å². The number of pyridine rings is 1. The second kappa shape index (κ2) is 10.2. The van der Waals surface area contributed by atoms with Crippen LogP contribution in [0.25, 0.3) is 0 Å². The van der Waals surface area contributed by atoms with Gasteiger partial charge in [-0.3, -0.25) is 5.32 Å². The van der Waals surface area contributed by atoms with Gasteiger partial charge < -0.3 is 25.3 Å². The maximum absolute atomic E-state index is 14.8. The summed E-state index contributed by atoms with van der Waals surface area (Å²) in [6, 6.07) is 6.86. The number of piperidine rings is 1. The lowest BCUT2D eigenvalue weighted by Crippen LogP contribution is -2.52. The molecule has 0 aliphatic carbocycles. The number of aromatic nitrogens is 3. The monoisotopic (exact) mass is 551 g/mol. The molecule has 2 aromatic heterocycles. The Morgan fingerprint density at radius 3 is 2.77 bits per heavy atom. The van der Waals surface area contributed by atoms with Crippen LogP contribution in [-0.4, -0.2) is 44.6 Å². The molecule has 12 heteroatoms. The minimum atomic E-state index is -0.884. The third kappa shape index (κ3) is 4.55. The topological polar surface area (TPSA) is 127 Å². The highest BCUT2D eigenvalue weighted by atomic mass is 19.2. The summed E-state index contributed by atoms with van der Waals surface area (Å²) < 4.78 is 36.5. The van der Waals surface area contributed by atoms with Crippen molar-refractivity contribution in [3.63, 3.8) is 0 Å². The van der Waals surface area contributed by atoms with Crippen molar-refractivity contribution in [3.05, 3.63) is 77.0 Å². The summed E-state index contributed by atoms with van der Waals surface area (Å²) in [5, 5.41) is 5.76. The molecule has 5 heterocycles. The van der Waals surface area contributed by atoms with Gasteiger partial charge in [-0.25, -0.2) is 28.3 Å². The molecule has 3 aromatic rings. The van der Waals surface area contributed by atoms with Gasteiger partial charge in [-0.1, -0.05) is 12.1 Å². The number of carbonyl (C=O) groups is 2. The minimum Gasteiger partial charge on any atom is -0.437 e. The van der Waals surface area contributed by atoms with Crippen LogP contribution < -0.4 is 16.4 Å². The van der Waals surface area contributed by atoms with E-state index in [0.717, 1.165) is 17.3 Å². The van der Waals surface area contributed by atoms with Gasteiger partial charge in [-0.15, -0.1) is 0 Å². The molecule has 40 heavy (non-hydrogen) atoms. The van der Waals surface area contributed by atoms with Crippen LogP contribution in [0.4, 0.5) is 24.2 Å². The van der Waals surface area contributed by atoms with Gasteiger partial charge in [-0.05, 0) is 43.5 Å². The van der Waals surface area contributed by atoms with E-state index in [1.165, 1.54) is 6.07 Å². The van der Waals surface area contributed by atoms with Crippen molar-refractivity contribution in [2.45, 2.75) is 62.8 Å². The number of nitrogens with zero attached hydrogens (tertiary/aromatic N) is 4. The standard InChI is InChI=1S/C28H31F2N7O3/c1-16(31)22-14-33-25-21(8-7-17(15-37(22)25)18-4-2-6-20(29)23(18)30)34-26(38)36-12-9-28(10-13-36)19-5-3-11-32-24(19)35-27(39)40-28/h2-6,11,14,16-17,21H,7-10,12-13,15,31H2,1H3,(H,34,38)(H,32,35,39)/t16?,17-,21-/m1/s1. The number of benzene rings is 1. The second-order valence-electron chi connectivity index (χ2n) is 10.8. The van der Waals surface area contributed by atoms with E-state index in [4.69, 9.17) is 10.5 Å². The molecule has 1 aromatic carbocycles. The van der Waals surface area contributed by atoms with Crippen LogP contribution in [0, 0.1) is 11.6 Å². The Bertz CT molecular complexity index is 1450. The largest absolute Gasteiger partial charge is 0.437 e. The zero-order valence-corrected chi connectivity index (χ0v) is 22.1. The molecule has 1 unspecified atom stereocenters. The predicted octanol–water partition coefficient (Wildman–Crippen LogP) is 4.46. The van der Waals surface area contributed by atoms with Gasteiger partial charge in [0.2, 0.25) is 0 Å². The summed E-state index contributed by atoms with van der Waals surface area (Å²) in [4.78, 5) is 36.3. The molecule has 10 nitrogen and oxygen atoms in total. The number of urea groups is 1. The number of hydrogen-bond acceptors (Lipinski definition) is 6. The van der Waals surface area contributed by atoms with Crippen molar-refractivity contribution in [1.29, 1.82) is 0 Å². The molecule has 0 bridgehead atoms. The molecule has 3 atom stereocenters. The number of nitrogens with one attached hydrogen (secondary N) is 2. The van der Waals surface area contributed by atoms with Crippen molar-refractivity contribution >= 4 is 17.9 Å². The first-order chi connectivity index (χ1) is 19.3. The molecule has 6 rings (SSSR count). The number of halogens is 2. The summed E-state index contributed by atoms with van der Waals surface area (Å²) >= 11 is 0. The highest BCUT2D eigenvalue weighted by Gasteiger charge is 2.46. The van der Waals surface area contributed by atoms with Crippen LogP contribution in [0.15, 0.2) is 42.7 Å². The Morgan fingerprint density at radius 2 is 2.00 bits per heavy atom. The Hall–Kier alpha value is -4.06. The van der Waals surface area contributed by atoms with Crippen LogP contribution in [0.1, 0.15) is 73.3 Å². The van der Waals surface area contributed by atoms with E-state index in [1.54, 1.807) is 29.4 Å². The molecular weight excluding hydrogens is 520 g/mol. The van der Waals surface area contributed by atoms with Crippen molar-refractivity contribution in [3.8, 4) is 0 Å². The highest BCUT2D eigenvalue weighted by Crippen LogP contribution is 2.43. The first-order valence-corrected chi connectivity index (χ1v) is 13.5. The van der Waals surface area contributed by atoms with Gasteiger partial charge in [0.15, 0.2) is 11.6 Å². The lowest BCUT2D eigenvalue weighted by molar-refractivity contribution is -0.0308. The fourth-order valence-electron chi connectivity index (χ4n) is 6.19.